The van der Waals surface area contributed by atoms with Crippen LogP contribution >= 0.6 is 11.6 Å². The van der Waals surface area contributed by atoms with E-state index in [1.807, 2.05) is 6.07 Å². The summed E-state index contributed by atoms with van der Waals surface area (Å²) < 4.78 is 0. The van der Waals surface area contributed by atoms with Gasteiger partial charge in [0.15, 0.2) is 0 Å². The predicted octanol–water partition coefficient (Wildman–Crippen LogP) is 2.27. The van der Waals surface area contributed by atoms with E-state index in [9.17, 15) is 10.1 Å². The third-order valence-corrected chi connectivity index (χ3v) is 1.93. The molecule has 0 spiro atoms. The Kier molecular flexibility index (Phi) is 3.43. The summed E-state index contributed by atoms with van der Waals surface area (Å²) in [5.74, 6) is 0. The molecule has 1 aromatic rings. The van der Waals surface area contributed by atoms with Crippen LogP contribution < -0.4 is 0 Å². The van der Waals surface area contributed by atoms with Gasteiger partial charge in [-0.25, -0.2) is 0 Å². The zero-order valence-corrected chi connectivity index (χ0v) is 7.94. The molecule has 0 radical (unpaired) electrons. The van der Waals surface area contributed by atoms with Gasteiger partial charge in [0.2, 0.25) is 0 Å². The van der Waals surface area contributed by atoms with E-state index in [4.69, 9.17) is 16.9 Å². The van der Waals surface area contributed by atoms with Crippen LogP contribution in [0.15, 0.2) is 24.3 Å². The molecule has 4 nitrogen and oxygen atoms in total. The van der Waals surface area contributed by atoms with Crippen molar-refractivity contribution in [2.24, 2.45) is 0 Å². The van der Waals surface area contributed by atoms with Crippen LogP contribution in [0.2, 0.25) is 0 Å². The van der Waals surface area contributed by atoms with Crippen LogP contribution in [0.25, 0.3) is 0 Å². The standard InChI is InChI=1S/C9H7ClN2O2/c10-8(6-11)4-7-2-1-3-9(5-7)12(13)14/h1-3,5,8H,4H2/t8-/m1/s1. The molecule has 0 bridgehead atoms. The van der Waals surface area contributed by atoms with Crippen molar-refractivity contribution in [3.8, 4) is 6.07 Å². The number of hydrogen-bond donors (Lipinski definition) is 0. The molecule has 0 saturated heterocycles. The van der Waals surface area contributed by atoms with Crippen molar-refractivity contribution in [1.82, 2.24) is 0 Å². The Balaban J connectivity index is 2.85. The van der Waals surface area contributed by atoms with Gasteiger partial charge in [-0.1, -0.05) is 12.1 Å². The van der Waals surface area contributed by atoms with Gasteiger partial charge in [0.25, 0.3) is 5.69 Å². The molecule has 0 saturated carbocycles. The van der Waals surface area contributed by atoms with Gasteiger partial charge in [0, 0.05) is 18.6 Å². The van der Waals surface area contributed by atoms with Crippen molar-refractivity contribution >= 4 is 17.3 Å². The molecular weight excluding hydrogens is 204 g/mol. The smallest absolute Gasteiger partial charge is 0.258 e. The van der Waals surface area contributed by atoms with Crippen molar-refractivity contribution in [2.45, 2.75) is 11.8 Å². The van der Waals surface area contributed by atoms with Crippen LogP contribution in [0, 0.1) is 21.4 Å². The van der Waals surface area contributed by atoms with Crippen molar-refractivity contribution in [3.63, 3.8) is 0 Å². The topological polar surface area (TPSA) is 66.9 Å². The first kappa shape index (κ1) is 10.5. The van der Waals surface area contributed by atoms with Gasteiger partial charge in [-0.2, -0.15) is 5.26 Å². The summed E-state index contributed by atoms with van der Waals surface area (Å²) in [6, 6.07) is 7.97. The van der Waals surface area contributed by atoms with Crippen LogP contribution in [-0.2, 0) is 6.42 Å². The monoisotopic (exact) mass is 210 g/mol. The fourth-order valence-electron chi connectivity index (χ4n) is 1.05. The van der Waals surface area contributed by atoms with Gasteiger partial charge >= 0.3 is 0 Å². The zero-order chi connectivity index (χ0) is 10.6. The number of hydrogen-bond acceptors (Lipinski definition) is 3. The number of halogens is 1. The summed E-state index contributed by atoms with van der Waals surface area (Å²) >= 11 is 5.60. The lowest BCUT2D eigenvalue weighted by molar-refractivity contribution is -0.384. The lowest BCUT2D eigenvalue weighted by Crippen LogP contribution is -2.00. The molecule has 0 aliphatic rings. The van der Waals surface area contributed by atoms with Crippen LogP contribution in [0.5, 0.6) is 0 Å². The normalized spacial score (nSPS) is 11.7. The van der Waals surface area contributed by atoms with Crippen molar-refractivity contribution in [1.29, 1.82) is 5.26 Å². The van der Waals surface area contributed by atoms with Gasteiger partial charge in [-0.05, 0) is 5.56 Å². The maximum absolute atomic E-state index is 10.4. The quantitative estimate of drug-likeness (QED) is 0.437. The molecule has 0 amide bonds. The van der Waals surface area contributed by atoms with E-state index in [0.717, 1.165) is 0 Å². The Hall–Kier alpha value is -1.60. The third-order valence-electron chi connectivity index (χ3n) is 1.68. The van der Waals surface area contributed by atoms with Crippen LogP contribution in [0.1, 0.15) is 5.56 Å². The highest BCUT2D eigenvalue weighted by molar-refractivity contribution is 6.22. The number of nitro groups is 1. The Morgan fingerprint density at radius 1 is 1.64 bits per heavy atom. The van der Waals surface area contributed by atoms with Gasteiger partial charge in [0.1, 0.15) is 5.38 Å². The molecule has 0 heterocycles. The summed E-state index contributed by atoms with van der Waals surface area (Å²) in [5, 5.41) is 18.2. The number of alkyl halides is 1. The number of rotatable bonds is 3. The SMILES string of the molecule is N#C[C@H](Cl)Cc1cccc([N+](=O)[O-])c1. The van der Waals surface area contributed by atoms with Crippen LogP contribution in [-0.4, -0.2) is 10.3 Å². The van der Waals surface area contributed by atoms with Gasteiger partial charge in [0.05, 0.1) is 11.0 Å². The minimum Gasteiger partial charge on any atom is -0.258 e. The molecule has 1 aromatic carbocycles. The fourth-order valence-corrected chi connectivity index (χ4v) is 1.23. The van der Waals surface area contributed by atoms with Crippen molar-refractivity contribution in [2.75, 3.05) is 0 Å². The number of nitrogens with zero attached hydrogens (tertiary/aromatic N) is 2. The van der Waals surface area contributed by atoms with E-state index in [2.05, 4.69) is 0 Å². The van der Waals surface area contributed by atoms with Crippen molar-refractivity contribution < 1.29 is 4.92 Å². The second-order valence-electron chi connectivity index (χ2n) is 2.73. The summed E-state index contributed by atoms with van der Waals surface area (Å²) in [7, 11) is 0. The molecule has 0 N–H and O–H groups in total. The zero-order valence-electron chi connectivity index (χ0n) is 7.18. The molecule has 0 unspecified atom stereocenters. The highest BCUT2D eigenvalue weighted by Crippen LogP contribution is 2.15. The predicted molar refractivity (Wildman–Crippen MR) is 52.1 cm³/mol. The molecule has 1 atom stereocenters. The Morgan fingerprint density at radius 3 is 2.93 bits per heavy atom. The van der Waals surface area contributed by atoms with E-state index in [0.29, 0.717) is 12.0 Å². The number of nitriles is 1. The molecule has 0 aromatic heterocycles. The Bertz CT molecular complexity index is 387. The maximum Gasteiger partial charge on any atom is 0.269 e. The number of nitro benzene ring substituents is 1. The minimum absolute atomic E-state index is 0.0179. The lowest BCUT2D eigenvalue weighted by Gasteiger charge is -2.00. The molecule has 0 aliphatic carbocycles. The average molecular weight is 211 g/mol. The summed E-state index contributed by atoms with van der Waals surface area (Å²) in [6.07, 6.45) is 0.319. The van der Waals surface area contributed by atoms with Gasteiger partial charge in [-0.15, -0.1) is 11.6 Å². The van der Waals surface area contributed by atoms with Gasteiger partial charge < -0.3 is 0 Å². The average Bonchev–Trinajstić information content (AvgIpc) is 2.18. The molecule has 0 aliphatic heterocycles. The highest BCUT2D eigenvalue weighted by atomic mass is 35.5. The van der Waals surface area contributed by atoms with E-state index in [-0.39, 0.29) is 5.69 Å². The first-order chi connectivity index (χ1) is 6.63. The number of benzene rings is 1. The first-order valence-corrected chi connectivity index (χ1v) is 4.34. The summed E-state index contributed by atoms with van der Waals surface area (Å²) in [5.41, 5.74) is 0.713. The maximum atomic E-state index is 10.4. The summed E-state index contributed by atoms with van der Waals surface area (Å²) in [4.78, 5) is 9.94. The molecule has 14 heavy (non-hydrogen) atoms. The lowest BCUT2D eigenvalue weighted by atomic mass is 10.1. The molecule has 72 valence electrons. The third kappa shape index (κ3) is 2.71. The largest absolute Gasteiger partial charge is 0.269 e. The van der Waals surface area contributed by atoms with Gasteiger partial charge in [-0.3, -0.25) is 10.1 Å². The molecule has 1 rings (SSSR count). The molecule has 5 heteroatoms. The molecular formula is C9H7ClN2O2. The Labute approximate surface area is 85.9 Å². The van der Waals surface area contributed by atoms with E-state index in [1.165, 1.54) is 12.1 Å². The van der Waals surface area contributed by atoms with Crippen LogP contribution in [0.3, 0.4) is 0 Å². The second-order valence-corrected chi connectivity index (χ2v) is 3.25. The van der Waals surface area contributed by atoms with Crippen LogP contribution in [0.4, 0.5) is 5.69 Å². The van der Waals surface area contributed by atoms with E-state index in [1.54, 1.807) is 12.1 Å². The fraction of sp³-hybridized carbons (Fsp3) is 0.222. The second kappa shape index (κ2) is 4.58. The Morgan fingerprint density at radius 2 is 2.36 bits per heavy atom. The highest BCUT2D eigenvalue weighted by Gasteiger charge is 2.08. The molecule has 0 fully saturated rings. The van der Waals surface area contributed by atoms with Crippen molar-refractivity contribution in [3.05, 3.63) is 39.9 Å². The summed E-state index contributed by atoms with van der Waals surface area (Å²) in [6.45, 7) is 0. The first-order valence-electron chi connectivity index (χ1n) is 3.90. The number of non-ortho nitro benzene ring substituents is 1. The van der Waals surface area contributed by atoms with E-state index >= 15 is 0 Å². The minimum atomic E-state index is -0.642. The van der Waals surface area contributed by atoms with E-state index < -0.39 is 10.3 Å².